The molecule has 1 amide bonds. The van der Waals surface area contributed by atoms with Crippen LogP contribution in [0.25, 0.3) is 0 Å². The second-order valence-corrected chi connectivity index (χ2v) is 5.27. The summed E-state index contributed by atoms with van der Waals surface area (Å²) in [5, 5.41) is 2.80. The molecule has 0 rings (SSSR count). The van der Waals surface area contributed by atoms with Crippen molar-refractivity contribution >= 4 is 5.91 Å². The van der Waals surface area contributed by atoms with E-state index in [1.165, 1.54) is 0 Å². The molecule has 0 aliphatic carbocycles. The molecule has 4 heteroatoms. The summed E-state index contributed by atoms with van der Waals surface area (Å²) in [4.78, 5) is 11.5. The Balaban J connectivity index is 3.85. The van der Waals surface area contributed by atoms with Crippen LogP contribution in [0.1, 0.15) is 41.0 Å². The molecule has 0 bridgehead atoms. The van der Waals surface area contributed by atoms with Gasteiger partial charge in [0, 0.05) is 12.0 Å². The summed E-state index contributed by atoms with van der Waals surface area (Å²) >= 11 is 0. The monoisotopic (exact) mass is 219 g/mol. The highest BCUT2D eigenvalue weighted by molar-refractivity contribution is 5.81. The Morgan fingerprint density at radius 2 is 1.80 bits per heavy atom. The Hall–Kier alpha value is -0.640. The Labute approximate surface area is 91.4 Å². The van der Waals surface area contributed by atoms with Crippen LogP contribution in [0.15, 0.2) is 0 Å². The number of nitrogens with one attached hydrogen (secondary N) is 1. The van der Waals surface area contributed by atoms with Crippen LogP contribution in [0.2, 0.25) is 0 Å². The molecule has 3 nitrogen and oxygen atoms in total. The van der Waals surface area contributed by atoms with E-state index in [0.717, 1.165) is 0 Å². The van der Waals surface area contributed by atoms with Gasteiger partial charge in [-0.3, -0.25) is 4.79 Å². The largest absolute Gasteiger partial charge is 0.356 e. The molecule has 0 radical (unpaired) electrons. The smallest absolute Gasteiger partial charge is 0.225 e. The van der Waals surface area contributed by atoms with Crippen LogP contribution < -0.4 is 5.32 Å². The standard InChI is InChI=1S/C11H22FNO2/c1-10(2,3)9(14)13-7-6-11(4,5)15-8-12/h6-8H2,1-5H3,(H,13,14). The predicted octanol–water partition coefficient (Wildman–Crippen LogP) is 2.26. The third-order valence-electron chi connectivity index (χ3n) is 2.14. The highest BCUT2D eigenvalue weighted by Crippen LogP contribution is 2.15. The average Bonchev–Trinajstić information content (AvgIpc) is 2.01. The number of hydrogen-bond acceptors (Lipinski definition) is 2. The maximum atomic E-state index is 12.0. The quantitative estimate of drug-likeness (QED) is 0.770. The zero-order chi connectivity index (χ0) is 12.1. The van der Waals surface area contributed by atoms with Crippen LogP contribution in [-0.4, -0.2) is 24.9 Å². The lowest BCUT2D eigenvalue weighted by Crippen LogP contribution is -2.38. The number of carbonyl (C=O) groups excluding carboxylic acids is 1. The van der Waals surface area contributed by atoms with E-state index in [9.17, 15) is 9.18 Å². The molecular formula is C11H22FNO2. The summed E-state index contributed by atoms with van der Waals surface area (Å²) in [5.74, 6) is -0.00134. The van der Waals surface area contributed by atoms with Gasteiger partial charge < -0.3 is 10.1 Å². The molecule has 0 aliphatic heterocycles. The number of rotatable bonds is 5. The number of alkyl halides is 1. The first-order valence-corrected chi connectivity index (χ1v) is 5.17. The van der Waals surface area contributed by atoms with Gasteiger partial charge in [0.25, 0.3) is 0 Å². The molecule has 0 aromatic carbocycles. The fraction of sp³-hybridized carbons (Fsp3) is 0.909. The molecule has 15 heavy (non-hydrogen) atoms. The normalized spacial score (nSPS) is 12.7. The molecule has 0 atom stereocenters. The van der Waals surface area contributed by atoms with E-state index in [4.69, 9.17) is 4.74 Å². The summed E-state index contributed by atoms with van der Waals surface area (Å²) in [6.45, 7) is 8.87. The van der Waals surface area contributed by atoms with Crippen molar-refractivity contribution in [1.29, 1.82) is 0 Å². The van der Waals surface area contributed by atoms with Crippen LogP contribution in [0.3, 0.4) is 0 Å². The van der Waals surface area contributed by atoms with E-state index in [2.05, 4.69) is 5.32 Å². The van der Waals surface area contributed by atoms with Gasteiger partial charge in [0.1, 0.15) is 0 Å². The minimum atomic E-state index is -0.791. The van der Waals surface area contributed by atoms with Crippen LogP contribution in [0.5, 0.6) is 0 Å². The first-order chi connectivity index (χ1) is 6.69. The molecule has 0 aromatic heterocycles. The Kier molecular flexibility index (Phi) is 5.21. The van der Waals surface area contributed by atoms with E-state index in [1.54, 1.807) is 13.8 Å². The Morgan fingerprint density at radius 1 is 1.27 bits per heavy atom. The van der Waals surface area contributed by atoms with Crippen LogP contribution in [0.4, 0.5) is 4.39 Å². The molecular weight excluding hydrogens is 197 g/mol. The molecule has 0 heterocycles. The molecule has 1 N–H and O–H groups in total. The van der Waals surface area contributed by atoms with Gasteiger partial charge >= 0.3 is 0 Å². The van der Waals surface area contributed by atoms with E-state index in [1.807, 2.05) is 20.8 Å². The van der Waals surface area contributed by atoms with Gasteiger partial charge in [-0.15, -0.1) is 0 Å². The van der Waals surface area contributed by atoms with Crippen molar-refractivity contribution in [2.75, 3.05) is 13.4 Å². The summed E-state index contributed by atoms with van der Waals surface area (Å²) in [5.41, 5.74) is -0.912. The van der Waals surface area contributed by atoms with E-state index < -0.39 is 12.5 Å². The average molecular weight is 219 g/mol. The lowest BCUT2D eigenvalue weighted by Gasteiger charge is -2.24. The number of ether oxygens (including phenoxy) is 1. The van der Waals surface area contributed by atoms with E-state index in [0.29, 0.717) is 13.0 Å². The van der Waals surface area contributed by atoms with E-state index >= 15 is 0 Å². The predicted molar refractivity (Wildman–Crippen MR) is 58.2 cm³/mol. The molecule has 0 fully saturated rings. The van der Waals surface area contributed by atoms with Gasteiger partial charge in [-0.25, -0.2) is 4.39 Å². The lowest BCUT2D eigenvalue weighted by atomic mass is 9.95. The summed E-state index contributed by atoms with van der Waals surface area (Å²) in [6.07, 6.45) is 0.596. The number of hydrogen-bond donors (Lipinski definition) is 1. The molecule has 0 aromatic rings. The van der Waals surface area contributed by atoms with Crippen LogP contribution in [-0.2, 0) is 9.53 Å². The van der Waals surface area contributed by atoms with Crippen molar-refractivity contribution in [2.24, 2.45) is 5.41 Å². The molecule has 0 saturated heterocycles. The minimum absolute atomic E-state index is 0.00134. The first kappa shape index (κ1) is 14.4. The molecule has 0 unspecified atom stereocenters. The van der Waals surface area contributed by atoms with Gasteiger partial charge in [-0.2, -0.15) is 0 Å². The second kappa shape index (κ2) is 5.45. The molecule has 0 spiro atoms. The van der Waals surface area contributed by atoms with Crippen molar-refractivity contribution < 1.29 is 13.9 Å². The Bertz CT molecular complexity index is 209. The molecule has 90 valence electrons. The summed E-state index contributed by atoms with van der Waals surface area (Å²) < 4.78 is 16.8. The van der Waals surface area contributed by atoms with Crippen molar-refractivity contribution in [3.8, 4) is 0 Å². The van der Waals surface area contributed by atoms with Crippen LogP contribution >= 0.6 is 0 Å². The van der Waals surface area contributed by atoms with Crippen molar-refractivity contribution in [3.05, 3.63) is 0 Å². The SMILES string of the molecule is CC(C)(CCNC(=O)C(C)(C)C)OCF. The van der Waals surface area contributed by atoms with E-state index in [-0.39, 0.29) is 11.3 Å². The highest BCUT2D eigenvalue weighted by atomic mass is 19.1. The third-order valence-corrected chi connectivity index (χ3v) is 2.14. The zero-order valence-corrected chi connectivity index (χ0v) is 10.3. The van der Waals surface area contributed by atoms with Crippen molar-refractivity contribution in [3.63, 3.8) is 0 Å². The first-order valence-electron chi connectivity index (χ1n) is 5.17. The maximum Gasteiger partial charge on any atom is 0.225 e. The number of amides is 1. The lowest BCUT2D eigenvalue weighted by molar-refractivity contribution is -0.128. The minimum Gasteiger partial charge on any atom is -0.356 e. The fourth-order valence-electron chi connectivity index (χ4n) is 0.962. The third kappa shape index (κ3) is 6.44. The zero-order valence-electron chi connectivity index (χ0n) is 10.3. The summed E-state index contributed by atoms with van der Waals surface area (Å²) in [7, 11) is 0. The van der Waals surface area contributed by atoms with Gasteiger partial charge in [0.15, 0.2) is 6.86 Å². The number of carbonyl (C=O) groups is 1. The second-order valence-electron chi connectivity index (χ2n) is 5.27. The topological polar surface area (TPSA) is 38.3 Å². The molecule has 0 aliphatic rings. The highest BCUT2D eigenvalue weighted by Gasteiger charge is 2.22. The number of halogens is 1. The Morgan fingerprint density at radius 3 is 2.20 bits per heavy atom. The van der Waals surface area contributed by atoms with Gasteiger partial charge in [0.2, 0.25) is 5.91 Å². The van der Waals surface area contributed by atoms with Crippen molar-refractivity contribution in [2.45, 2.75) is 46.6 Å². The van der Waals surface area contributed by atoms with Gasteiger partial charge in [-0.05, 0) is 20.3 Å². The van der Waals surface area contributed by atoms with Gasteiger partial charge in [0.05, 0.1) is 5.60 Å². The molecule has 0 saturated carbocycles. The maximum absolute atomic E-state index is 12.0. The van der Waals surface area contributed by atoms with Gasteiger partial charge in [-0.1, -0.05) is 20.8 Å². The van der Waals surface area contributed by atoms with Crippen LogP contribution in [0, 0.1) is 5.41 Å². The summed E-state index contributed by atoms with van der Waals surface area (Å²) in [6, 6.07) is 0. The fourth-order valence-corrected chi connectivity index (χ4v) is 0.962. The van der Waals surface area contributed by atoms with Crippen molar-refractivity contribution in [1.82, 2.24) is 5.32 Å².